The summed E-state index contributed by atoms with van der Waals surface area (Å²) in [6.45, 7) is 0. The third-order valence-corrected chi connectivity index (χ3v) is 4.31. The molecule has 152 valence electrons. The average molecular weight is 407 g/mol. The van der Waals surface area contributed by atoms with Crippen molar-refractivity contribution in [2.75, 3.05) is 0 Å². The SMILES string of the molecule is O=C(/C=C\c1ccccc1)N(C(=O)/C=C/c1ccccc1)C(=O)/C=C/c1ccccc1. The zero-order chi connectivity index (χ0) is 21.9. The highest BCUT2D eigenvalue weighted by molar-refractivity contribution is 6.21. The maximum Gasteiger partial charge on any atom is 0.260 e. The molecule has 0 radical (unpaired) electrons. The van der Waals surface area contributed by atoms with E-state index in [-0.39, 0.29) is 0 Å². The largest absolute Gasteiger partial charge is 0.269 e. The van der Waals surface area contributed by atoms with Gasteiger partial charge in [0.1, 0.15) is 0 Å². The van der Waals surface area contributed by atoms with Crippen molar-refractivity contribution in [1.29, 1.82) is 0 Å². The molecule has 0 fully saturated rings. The molecular formula is C27H21NO3. The van der Waals surface area contributed by atoms with E-state index in [4.69, 9.17) is 0 Å². The molecule has 0 saturated heterocycles. The maximum atomic E-state index is 12.8. The summed E-state index contributed by atoms with van der Waals surface area (Å²) < 4.78 is 0. The van der Waals surface area contributed by atoms with Crippen LogP contribution in [0.4, 0.5) is 0 Å². The molecule has 0 aliphatic rings. The first-order valence-corrected chi connectivity index (χ1v) is 9.75. The van der Waals surface area contributed by atoms with Crippen molar-refractivity contribution in [3.05, 3.63) is 126 Å². The Bertz CT molecular complexity index is 969. The van der Waals surface area contributed by atoms with Gasteiger partial charge in [0.25, 0.3) is 17.7 Å². The molecule has 3 rings (SSSR count). The number of carbonyl (C=O) groups is 3. The summed E-state index contributed by atoms with van der Waals surface area (Å²) in [6, 6.07) is 27.5. The van der Waals surface area contributed by atoms with Crippen molar-refractivity contribution in [3.63, 3.8) is 0 Å². The van der Waals surface area contributed by atoms with Gasteiger partial charge >= 0.3 is 0 Å². The second kappa shape index (κ2) is 11.0. The zero-order valence-electron chi connectivity index (χ0n) is 16.8. The molecule has 3 aromatic carbocycles. The van der Waals surface area contributed by atoms with Crippen molar-refractivity contribution >= 4 is 35.9 Å². The van der Waals surface area contributed by atoms with Gasteiger partial charge in [-0.15, -0.1) is 0 Å². The predicted octanol–water partition coefficient (Wildman–Crippen LogP) is 5.01. The highest BCUT2D eigenvalue weighted by Crippen LogP contribution is 2.08. The normalized spacial score (nSPS) is 11.2. The topological polar surface area (TPSA) is 54.5 Å². The second-order valence-corrected chi connectivity index (χ2v) is 6.58. The molecular weight excluding hydrogens is 386 g/mol. The number of rotatable bonds is 6. The summed E-state index contributed by atoms with van der Waals surface area (Å²) >= 11 is 0. The highest BCUT2D eigenvalue weighted by Gasteiger charge is 2.23. The number of hydrogen-bond acceptors (Lipinski definition) is 3. The van der Waals surface area contributed by atoms with Gasteiger partial charge in [-0.1, -0.05) is 91.0 Å². The first kappa shape index (κ1) is 21.4. The van der Waals surface area contributed by atoms with Crippen LogP contribution in [0.1, 0.15) is 16.7 Å². The quantitative estimate of drug-likeness (QED) is 0.540. The van der Waals surface area contributed by atoms with Crippen LogP contribution in [0.3, 0.4) is 0 Å². The van der Waals surface area contributed by atoms with Crippen LogP contribution < -0.4 is 0 Å². The number of benzene rings is 3. The summed E-state index contributed by atoms with van der Waals surface area (Å²) in [5, 5.41) is 0. The summed E-state index contributed by atoms with van der Waals surface area (Å²) in [7, 11) is 0. The van der Waals surface area contributed by atoms with Crippen LogP contribution in [0, 0.1) is 0 Å². The van der Waals surface area contributed by atoms with Crippen molar-refractivity contribution in [1.82, 2.24) is 4.90 Å². The summed E-state index contributed by atoms with van der Waals surface area (Å²) in [6.07, 6.45) is 8.36. The van der Waals surface area contributed by atoms with E-state index in [2.05, 4.69) is 0 Å². The third-order valence-electron chi connectivity index (χ3n) is 4.31. The van der Waals surface area contributed by atoms with E-state index < -0.39 is 17.7 Å². The molecule has 0 aromatic heterocycles. The van der Waals surface area contributed by atoms with E-state index in [0.29, 0.717) is 4.90 Å². The van der Waals surface area contributed by atoms with E-state index in [1.165, 1.54) is 18.2 Å². The highest BCUT2D eigenvalue weighted by atomic mass is 16.2. The molecule has 0 saturated carbocycles. The first-order valence-electron chi connectivity index (χ1n) is 9.75. The van der Waals surface area contributed by atoms with Crippen molar-refractivity contribution in [3.8, 4) is 0 Å². The van der Waals surface area contributed by atoms with Crippen LogP contribution in [0.2, 0.25) is 0 Å². The molecule has 3 amide bonds. The molecule has 0 heterocycles. The average Bonchev–Trinajstić information content (AvgIpc) is 2.82. The van der Waals surface area contributed by atoms with Crippen molar-refractivity contribution < 1.29 is 14.4 Å². The molecule has 4 nitrogen and oxygen atoms in total. The molecule has 0 spiro atoms. The number of amides is 3. The Hall–Kier alpha value is -4.31. The number of carbonyl (C=O) groups excluding carboxylic acids is 3. The Morgan fingerprint density at radius 2 is 0.710 bits per heavy atom. The van der Waals surface area contributed by atoms with Gasteiger partial charge in [-0.05, 0) is 34.9 Å². The molecule has 0 atom stereocenters. The van der Waals surface area contributed by atoms with E-state index in [9.17, 15) is 14.4 Å². The predicted molar refractivity (Wildman–Crippen MR) is 123 cm³/mol. The summed E-state index contributed by atoms with van der Waals surface area (Å²) in [5.74, 6) is -2.14. The summed E-state index contributed by atoms with van der Waals surface area (Å²) in [4.78, 5) is 38.9. The molecule has 31 heavy (non-hydrogen) atoms. The fraction of sp³-hybridized carbons (Fsp3) is 0. The number of nitrogens with zero attached hydrogens (tertiary/aromatic N) is 1. The standard InChI is InChI=1S/C27H21NO3/c29-25(19-16-22-10-4-1-5-11-22)28(26(30)20-17-23-12-6-2-7-13-23)27(31)21-18-24-14-8-3-9-15-24/h1-21H/b19-16-,20-17+,21-18+. The zero-order valence-corrected chi connectivity index (χ0v) is 16.8. The van der Waals surface area contributed by atoms with Gasteiger partial charge in [0.15, 0.2) is 0 Å². The minimum atomic E-state index is -0.714. The lowest BCUT2D eigenvalue weighted by molar-refractivity contribution is -0.147. The Kier molecular flexibility index (Phi) is 7.61. The van der Waals surface area contributed by atoms with Gasteiger partial charge in [-0.2, -0.15) is 0 Å². The van der Waals surface area contributed by atoms with E-state index in [1.807, 2.05) is 91.0 Å². The molecule has 0 aliphatic heterocycles. The molecule has 4 heteroatoms. The van der Waals surface area contributed by atoms with E-state index in [1.54, 1.807) is 18.2 Å². The van der Waals surface area contributed by atoms with Gasteiger partial charge in [0.2, 0.25) is 0 Å². The summed E-state index contributed by atoms with van der Waals surface area (Å²) in [5.41, 5.74) is 2.36. The third kappa shape index (κ3) is 6.61. The molecule has 0 unspecified atom stereocenters. The van der Waals surface area contributed by atoms with Crippen LogP contribution in [0.15, 0.2) is 109 Å². The van der Waals surface area contributed by atoms with E-state index >= 15 is 0 Å². The van der Waals surface area contributed by atoms with Crippen LogP contribution in [-0.4, -0.2) is 22.6 Å². The van der Waals surface area contributed by atoms with Crippen molar-refractivity contribution in [2.45, 2.75) is 0 Å². The van der Waals surface area contributed by atoms with Gasteiger partial charge in [-0.3, -0.25) is 14.4 Å². The van der Waals surface area contributed by atoms with Crippen LogP contribution in [-0.2, 0) is 14.4 Å². The second-order valence-electron chi connectivity index (χ2n) is 6.58. The lowest BCUT2D eigenvalue weighted by Crippen LogP contribution is -2.39. The van der Waals surface area contributed by atoms with Crippen LogP contribution >= 0.6 is 0 Å². The van der Waals surface area contributed by atoms with Gasteiger partial charge < -0.3 is 0 Å². The van der Waals surface area contributed by atoms with Gasteiger partial charge in [-0.25, -0.2) is 4.90 Å². The van der Waals surface area contributed by atoms with Gasteiger partial charge in [0.05, 0.1) is 0 Å². The minimum Gasteiger partial charge on any atom is -0.269 e. The lowest BCUT2D eigenvalue weighted by Gasteiger charge is -2.13. The first-order chi connectivity index (χ1) is 15.1. The minimum absolute atomic E-state index is 0.623. The molecule has 0 bridgehead atoms. The lowest BCUT2D eigenvalue weighted by atomic mass is 10.2. The monoisotopic (exact) mass is 407 g/mol. The Morgan fingerprint density at radius 3 is 0.968 bits per heavy atom. The molecule has 0 N–H and O–H groups in total. The fourth-order valence-electron chi connectivity index (χ4n) is 2.74. The Balaban J connectivity index is 1.83. The van der Waals surface area contributed by atoms with E-state index in [0.717, 1.165) is 16.7 Å². The smallest absolute Gasteiger partial charge is 0.260 e. The maximum absolute atomic E-state index is 12.8. The van der Waals surface area contributed by atoms with Crippen LogP contribution in [0.25, 0.3) is 18.2 Å². The number of hydrogen-bond donors (Lipinski definition) is 0. The number of imide groups is 3. The van der Waals surface area contributed by atoms with Crippen molar-refractivity contribution in [2.24, 2.45) is 0 Å². The Labute approximate surface area is 181 Å². The Morgan fingerprint density at radius 1 is 0.452 bits per heavy atom. The fourth-order valence-corrected chi connectivity index (χ4v) is 2.74. The van der Waals surface area contributed by atoms with Gasteiger partial charge in [0, 0.05) is 18.2 Å². The molecule has 3 aromatic rings. The van der Waals surface area contributed by atoms with Crippen LogP contribution in [0.5, 0.6) is 0 Å². The molecule has 0 aliphatic carbocycles.